The minimum Gasteiger partial charge on any atom is -0.488 e. The lowest BCUT2D eigenvalue weighted by molar-refractivity contribution is -0.137. The molecule has 3 fully saturated rings. The number of aromatic nitrogens is 3. The second-order valence-electron chi connectivity index (χ2n) is 15.1. The van der Waals surface area contributed by atoms with Crippen LogP contribution in [-0.2, 0) is 16.0 Å². The maximum absolute atomic E-state index is 13.3. The molecule has 2 amide bonds. The van der Waals surface area contributed by atoms with Gasteiger partial charge in [0.05, 0.1) is 17.5 Å². The van der Waals surface area contributed by atoms with E-state index in [1.807, 2.05) is 65.5 Å². The van der Waals surface area contributed by atoms with Crippen LogP contribution in [0.1, 0.15) is 55.9 Å². The molecular formula is C43H36N6O6. The number of amides is 2. The van der Waals surface area contributed by atoms with E-state index in [-0.39, 0.29) is 42.2 Å². The summed E-state index contributed by atoms with van der Waals surface area (Å²) < 4.78 is 8.21. The van der Waals surface area contributed by atoms with Crippen LogP contribution < -0.4 is 15.0 Å². The molecule has 5 aliphatic rings. The number of hydrogen-bond donors (Lipinski definition) is 1. The van der Waals surface area contributed by atoms with Gasteiger partial charge < -0.3 is 9.64 Å². The van der Waals surface area contributed by atoms with Gasteiger partial charge in [0, 0.05) is 97.2 Å². The molecule has 5 aromatic rings. The van der Waals surface area contributed by atoms with Crippen molar-refractivity contribution in [3.05, 3.63) is 114 Å². The van der Waals surface area contributed by atoms with Crippen molar-refractivity contribution in [3.8, 4) is 33.8 Å². The molecule has 3 saturated heterocycles. The van der Waals surface area contributed by atoms with Crippen molar-refractivity contribution in [1.29, 1.82) is 0 Å². The molecule has 10 rings (SSSR count). The van der Waals surface area contributed by atoms with Crippen LogP contribution in [0.5, 0.6) is 5.75 Å². The summed E-state index contributed by atoms with van der Waals surface area (Å²) in [5.41, 5.74) is 8.22. The number of benzene rings is 3. The van der Waals surface area contributed by atoms with E-state index in [0.717, 1.165) is 83.2 Å². The molecule has 2 unspecified atom stereocenters. The van der Waals surface area contributed by atoms with Crippen molar-refractivity contribution in [2.75, 3.05) is 31.1 Å². The standard InChI is InChI=1S/C43H36N6O6/c50-37-11-2-25-17-26(1-8-32(25)37)36-23-49(46-40(36)24-13-15-44-16-14-24)27-3-6-30(7-4-27)55-31-21-48(22-31)29-19-47(20-29)28-5-9-33-35(18-28)42(53)39(41(33)52)34-10-12-38(51)45-43(34)54/h1,3-9,13-18,23,29,31,34,39H,2,10-12,19-22H2,(H,45,51,54). The summed E-state index contributed by atoms with van der Waals surface area (Å²) in [7, 11) is 0. The summed E-state index contributed by atoms with van der Waals surface area (Å²) >= 11 is 0. The van der Waals surface area contributed by atoms with Crippen LogP contribution in [0.2, 0.25) is 0 Å². The number of piperidine rings is 1. The fraction of sp³-hybridized carbons (Fsp3) is 0.279. The molecule has 0 bridgehead atoms. The summed E-state index contributed by atoms with van der Waals surface area (Å²) in [6.07, 6.45) is 7.30. The quantitative estimate of drug-likeness (QED) is 0.176. The molecule has 3 aromatic carbocycles. The number of ether oxygens (including phenoxy) is 1. The van der Waals surface area contributed by atoms with E-state index >= 15 is 0 Å². The molecule has 55 heavy (non-hydrogen) atoms. The number of ketones is 3. The summed E-state index contributed by atoms with van der Waals surface area (Å²) in [5, 5.41) is 7.27. The molecule has 5 heterocycles. The van der Waals surface area contributed by atoms with E-state index < -0.39 is 17.7 Å². The van der Waals surface area contributed by atoms with E-state index in [0.29, 0.717) is 23.6 Å². The number of nitrogens with zero attached hydrogens (tertiary/aromatic N) is 5. The number of hydrogen-bond acceptors (Lipinski definition) is 10. The van der Waals surface area contributed by atoms with Gasteiger partial charge in [0.1, 0.15) is 17.5 Å². The molecule has 2 aliphatic carbocycles. The third-order valence-electron chi connectivity index (χ3n) is 11.8. The van der Waals surface area contributed by atoms with E-state index in [1.165, 1.54) is 0 Å². The second kappa shape index (κ2) is 12.9. The number of rotatable bonds is 8. The van der Waals surface area contributed by atoms with Gasteiger partial charge in [0.25, 0.3) is 0 Å². The van der Waals surface area contributed by atoms with Gasteiger partial charge in [0.2, 0.25) is 11.8 Å². The highest BCUT2D eigenvalue weighted by atomic mass is 16.5. The molecule has 12 nitrogen and oxygen atoms in total. The van der Waals surface area contributed by atoms with Gasteiger partial charge in [-0.25, -0.2) is 4.68 Å². The van der Waals surface area contributed by atoms with Crippen LogP contribution in [-0.4, -0.2) is 87.2 Å². The average molecular weight is 733 g/mol. The second-order valence-corrected chi connectivity index (χ2v) is 15.1. The summed E-state index contributed by atoms with van der Waals surface area (Å²) in [6, 6.07) is 23.6. The fourth-order valence-electron chi connectivity index (χ4n) is 8.67. The Hall–Kier alpha value is -6.27. The lowest BCUT2D eigenvalue weighted by Crippen LogP contribution is -2.67. The molecule has 0 radical (unpaired) electrons. The Morgan fingerprint density at radius 2 is 1.44 bits per heavy atom. The molecule has 0 saturated carbocycles. The molecule has 0 spiro atoms. The maximum Gasteiger partial charge on any atom is 0.230 e. The number of fused-ring (bicyclic) bond motifs is 2. The van der Waals surface area contributed by atoms with Crippen molar-refractivity contribution in [1.82, 2.24) is 25.0 Å². The van der Waals surface area contributed by atoms with Crippen LogP contribution in [0.25, 0.3) is 28.1 Å². The lowest BCUT2D eigenvalue weighted by Gasteiger charge is -2.52. The van der Waals surface area contributed by atoms with Crippen molar-refractivity contribution in [3.63, 3.8) is 0 Å². The van der Waals surface area contributed by atoms with Gasteiger partial charge in [-0.2, -0.15) is 5.10 Å². The maximum atomic E-state index is 13.3. The summed E-state index contributed by atoms with van der Waals surface area (Å²) in [4.78, 5) is 71.6. The third kappa shape index (κ3) is 5.75. The normalized spacial score (nSPS) is 21.3. The van der Waals surface area contributed by atoms with Crippen LogP contribution in [0, 0.1) is 11.8 Å². The molecule has 12 heteroatoms. The molecule has 1 N–H and O–H groups in total. The van der Waals surface area contributed by atoms with Gasteiger partial charge in [-0.1, -0.05) is 18.2 Å². The van der Waals surface area contributed by atoms with Gasteiger partial charge in [0.15, 0.2) is 17.3 Å². The summed E-state index contributed by atoms with van der Waals surface area (Å²) in [6.45, 7) is 3.23. The highest BCUT2D eigenvalue weighted by Gasteiger charge is 2.48. The zero-order valence-corrected chi connectivity index (χ0v) is 29.8. The van der Waals surface area contributed by atoms with Crippen molar-refractivity contribution in [2.45, 2.75) is 37.8 Å². The first kappa shape index (κ1) is 33.3. The zero-order valence-electron chi connectivity index (χ0n) is 29.8. The van der Waals surface area contributed by atoms with Crippen LogP contribution >= 0.6 is 0 Å². The molecule has 274 valence electrons. The topological polar surface area (TPSA) is 144 Å². The first-order valence-electron chi connectivity index (χ1n) is 18.8. The third-order valence-corrected chi connectivity index (χ3v) is 11.8. The molecule has 2 atom stereocenters. The lowest BCUT2D eigenvalue weighted by atomic mass is 9.82. The number of anilines is 1. The number of imide groups is 1. The van der Waals surface area contributed by atoms with Crippen LogP contribution in [0.3, 0.4) is 0 Å². The number of carbonyl (C=O) groups is 5. The van der Waals surface area contributed by atoms with Crippen molar-refractivity contribution < 1.29 is 28.7 Å². The molecule has 2 aromatic heterocycles. The number of nitrogens with one attached hydrogen (secondary N) is 1. The SMILES string of the molecule is O=C1CCC(C2C(=O)c3ccc(N4CC(N5CC(Oc6ccc(-n7cc(-c8ccc9c(c8)CCC9=O)c(-c8ccncc8)n7)cc6)C5)C4)cc3C2=O)C(=O)N1. The number of likely N-dealkylation sites (tertiary alicyclic amines) is 1. The van der Waals surface area contributed by atoms with Crippen LogP contribution in [0.15, 0.2) is 91.4 Å². The summed E-state index contributed by atoms with van der Waals surface area (Å²) in [5.74, 6) is -2.45. The number of pyridine rings is 1. The predicted octanol–water partition coefficient (Wildman–Crippen LogP) is 4.73. The number of Topliss-reactive ketones (excluding diaryl/α,β-unsaturated/α-hetero) is 3. The van der Waals surface area contributed by atoms with E-state index in [2.05, 4.69) is 26.2 Å². The zero-order chi connectivity index (χ0) is 37.4. The van der Waals surface area contributed by atoms with Gasteiger partial charge >= 0.3 is 0 Å². The van der Waals surface area contributed by atoms with Crippen LogP contribution in [0.4, 0.5) is 5.69 Å². The van der Waals surface area contributed by atoms with Gasteiger partial charge in [-0.3, -0.25) is 39.2 Å². The van der Waals surface area contributed by atoms with Crippen molar-refractivity contribution >= 4 is 34.9 Å². The average Bonchev–Trinajstić information content (AvgIpc) is 3.84. The Balaban J connectivity index is 0.761. The fourth-order valence-corrected chi connectivity index (χ4v) is 8.67. The Morgan fingerprint density at radius 3 is 2.22 bits per heavy atom. The Morgan fingerprint density at radius 1 is 0.691 bits per heavy atom. The largest absolute Gasteiger partial charge is 0.488 e. The monoisotopic (exact) mass is 732 g/mol. The van der Waals surface area contributed by atoms with E-state index in [4.69, 9.17) is 9.84 Å². The minimum absolute atomic E-state index is 0.0778. The Labute approximate surface area is 316 Å². The van der Waals surface area contributed by atoms with Gasteiger partial charge in [-0.05, 0) is 78.6 Å². The van der Waals surface area contributed by atoms with E-state index in [1.54, 1.807) is 24.5 Å². The first-order chi connectivity index (χ1) is 26.8. The smallest absolute Gasteiger partial charge is 0.230 e. The number of carbonyl (C=O) groups excluding carboxylic acids is 5. The predicted molar refractivity (Wildman–Crippen MR) is 201 cm³/mol. The van der Waals surface area contributed by atoms with Gasteiger partial charge in [-0.15, -0.1) is 0 Å². The minimum atomic E-state index is -1.06. The first-order valence-corrected chi connectivity index (χ1v) is 18.8. The highest BCUT2D eigenvalue weighted by Crippen LogP contribution is 2.39. The Kier molecular flexibility index (Phi) is 7.84. The highest BCUT2D eigenvalue weighted by molar-refractivity contribution is 6.28. The van der Waals surface area contributed by atoms with E-state index in [9.17, 15) is 24.0 Å². The molecule has 3 aliphatic heterocycles. The Bertz CT molecular complexity index is 2430. The molecular weight excluding hydrogens is 697 g/mol. The number of aryl methyl sites for hydroxylation is 1. The van der Waals surface area contributed by atoms with Crippen molar-refractivity contribution in [2.24, 2.45) is 11.8 Å².